The molecule has 0 saturated carbocycles. The summed E-state index contributed by atoms with van der Waals surface area (Å²) in [4.78, 5) is 22.7. The van der Waals surface area contributed by atoms with Crippen LogP contribution in [0.4, 0.5) is 13.6 Å². The van der Waals surface area contributed by atoms with Crippen LogP contribution < -0.4 is 15.8 Å². The molecule has 0 heterocycles. The van der Waals surface area contributed by atoms with Gasteiger partial charge in [0.05, 0.1) is 17.6 Å². The molecule has 0 aliphatic heterocycles. The number of nitrogens with one attached hydrogen (secondary N) is 1. The van der Waals surface area contributed by atoms with Gasteiger partial charge in [-0.25, -0.2) is 13.2 Å². The SMILES string of the molecule is N#CCNC(=O)C(CS(=O)(=O)Cc1ccccc1OC(F)F)OC(N)=O. The van der Waals surface area contributed by atoms with Crippen LogP contribution in [0.5, 0.6) is 5.75 Å². The fourth-order valence-corrected chi connectivity index (χ4v) is 3.42. The number of halogens is 2. The van der Waals surface area contributed by atoms with Crippen LogP contribution in [0.2, 0.25) is 0 Å². The molecule has 0 aromatic heterocycles. The number of alkyl halides is 2. The lowest BCUT2D eigenvalue weighted by Gasteiger charge is -2.16. The van der Waals surface area contributed by atoms with Crippen molar-refractivity contribution in [2.24, 2.45) is 5.73 Å². The normalized spacial score (nSPS) is 12.1. The number of para-hydroxylation sites is 1. The summed E-state index contributed by atoms with van der Waals surface area (Å²) in [5.41, 5.74) is 4.74. The molecule has 9 nitrogen and oxygen atoms in total. The van der Waals surface area contributed by atoms with Crippen molar-refractivity contribution in [1.29, 1.82) is 5.26 Å². The minimum Gasteiger partial charge on any atom is -0.435 e. The maximum atomic E-state index is 12.4. The third-order valence-corrected chi connectivity index (χ3v) is 4.42. The number of benzene rings is 1. The van der Waals surface area contributed by atoms with Crippen molar-refractivity contribution in [2.75, 3.05) is 12.3 Å². The van der Waals surface area contributed by atoms with E-state index in [1.165, 1.54) is 18.2 Å². The second-order valence-electron chi connectivity index (χ2n) is 4.84. The van der Waals surface area contributed by atoms with E-state index in [2.05, 4.69) is 9.47 Å². The molecular weight excluding hydrogens is 376 g/mol. The lowest BCUT2D eigenvalue weighted by molar-refractivity contribution is -0.128. The van der Waals surface area contributed by atoms with Gasteiger partial charge < -0.3 is 20.5 Å². The summed E-state index contributed by atoms with van der Waals surface area (Å²) >= 11 is 0. The predicted octanol–water partition coefficient (Wildman–Crippen LogP) is 0.306. The molecule has 1 aromatic carbocycles. The van der Waals surface area contributed by atoms with E-state index >= 15 is 0 Å². The molecule has 3 N–H and O–H groups in total. The van der Waals surface area contributed by atoms with Gasteiger partial charge in [0.1, 0.15) is 12.3 Å². The monoisotopic (exact) mass is 391 g/mol. The quantitative estimate of drug-likeness (QED) is 0.575. The number of carbonyl (C=O) groups excluding carboxylic acids is 2. The number of hydrogen-bond donors (Lipinski definition) is 2. The maximum Gasteiger partial charge on any atom is 0.405 e. The van der Waals surface area contributed by atoms with Crippen LogP contribution >= 0.6 is 0 Å². The van der Waals surface area contributed by atoms with E-state index in [1.807, 2.05) is 5.32 Å². The molecule has 1 unspecified atom stereocenters. The Labute approximate surface area is 147 Å². The van der Waals surface area contributed by atoms with Gasteiger partial charge >= 0.3 is 12.7 Å². The summed E-state index contributed by atoms with van der Waals surface area (Å²) in [5.74, 6) is -3.09. The Hall–Kier alpha value is -2.94. The molecule has 1 atom stereocenters. The van der Waals surface area contributed by atoms with Crippen LogP contribution in [-0.4, -0.2) is 45.4 Å². The second kappa shape index (κ2) is 9.52. The number of amides is 2. The Balaban J connectivity index is 2.96. The molecular formula is C14H15F2N3O6S. The Kier molecular flexibility index (Phi) is 7.73. The molecule has 1 aromatic rings. The summed E-state index contributed by atoms with van der Waals surface area (Å²) < 4.78 is 58.1. The highest BCUT2D eigenvalue weighted by Crippen LogP contribution is 2.23. The van der Waals surface area contributed by atoms with E-state index in [4.69, 9.17) is 11.0 Å². The predicted molar refractivity (Wildman–Crippen MR) is 83.6 cm³/mol. The first-order valence-electron chi connectivity index (χ1n) is 6.98. The highest BCUT2D eigenvalue weighted by molar-refractivity contribution is 7.90. The molecule has 2 amide bonds. The lowest BCUT2D eigenvalue weighted by Crippen LogP contribution is -2.43. The van der Waals surface area contributed by atoms with Crippen LogP contribution in [0.25, 0.3) is 0 Å². The Bertz CT molecular complexity index is 794. The highest BCUT2D eigenvalue weighted by atomic mass is 32.2. The number of primary amides is 1. The van der Waals surface area contributed by atoms with Crippen molar-refractivity contribution in [3.05, 3.63) is 29.8 Å². The number of ether oxygens (including phenoxy) is 2. The van der Waals surface area contributed by atoms with Gasteiger partial charge in [0.15, 0.2) is 15.9 Å². The summed E-state index contributed by atoms with van der Waals surface area (Å²) in [6, 6.07) is 6.81. The molecule has 142 valence electrons. The molecule has 0 bridgehead atoms. The van der Waals surface area contributed by atoms with E-state index in [0.717, 1.165) is 6.07 Å². The first-order chi connectivity index (χ1) is 12.1. The number of nitriles is 1. The lowest BCUT2D eigenvalue weighted by atomic mass is 10.2. The van der Waals surface area contributed by atoms with Crippen LogP contribution in [0.3, 0.4) is 0 Å². The average Bonchev–Trinajstić information content (AvgIpc) is 2.52. The number of nitrogens with two attached hydrogens (primary N) is 1. The first-order valence-corrected chi connectivity index (χ1v) is 8.80. The van der Waals surface area contributed by atoms with Crippen molar-refractivity contribution in [1.82, 2.24) is 5.32 Å². The van der Waals surface area contributed by atoms with Gasteiger partial charge in [-0.1, -0.05) is 18.2 Å². The molecule has 0 aliphatic rings. The average molecular weight is 391 g/mol. The third kappa shape index (κ3) is 7.31. The fourth-order valence-electron chi connectivity index (χ4n) is 1.90. The molecule has 0 aliphatic carbocycles. The first kappa shape index (κ1) is 21.1. The van der Waals surface area contributed by atoms with Crippen LogP contribution in [0.15, 0.2) is 24.3 Å². The minimum absolute atomic E-state index is 0.0666. The largest absolute Gasteiger partial charge is 0.435 e. The number of nitrogens with zero attached hydrogens (tertiary/aromatic N) is 1. The van der Waals surface area contributed by atoms with Gasteiger partial charge in [0, 0.05) is 5.56 Å². The van der Waals surface area contributed by atoms with Crippen LogP contribution in [0.1, 0.15) is 5.56 Å². The van der Waals surface area contributed by atoms with Crippen LogP contribution in [0, 0.1) is 11.3 Å². The van der Waals surface area contributed by atoms with E-state index in [1.54, 1.807) is 6.07 Å². The summed E-state index contributed by atoms with van der Waals surface area (Å²) in [6.07, 6.45) is -3.19. The van der Waals surface area contributed by atoms with Crippen molar-refractivity contribution >= 4 is 21.8 Å². The standard InChI is InChI=1S/C14H15F2N3O6S/c15-13(16)24-10-4-2-1-3-9(10)7-26(22,23)8-11(25-14(18)21)12(20)19-6-5-17/h1-4,11,13H,6-8H2,(H2,18,21)(H,19,20). The number of rotatable bonds is 9. The summed E-state index contributed by atoms with van der Waals surface area (Å²) in [5, 5.41) is 10.5. The Morgan fingerprint density at radius 2 is 1.96 bits per heavy atom. The maximum absolute atomic E-state index is 12.4. The van der Waals surface area contributed by atoms with Gasteiger partial charge in [-0.2, -0.15) is 14.0 Å². The number of hydrogen-bond acceptors (Lipinski definition) is 7. The van der Waals surface area contributed by atoms with Crippen LogP contribution in [-0.2, 0) is 25.1 Å². The van der Waals surface area contributed by atoms with E-state index in [9.17, 15) is 26.8 Å². The van der Waals surface area contributed by atoms with E-state index < -0.39 is 52.6 Å². The number of sulfone groups is 1. The second-order valence-corrected chi connectivity index (χ2v) is 6.95. The molecule has 0 fully saturated rings. The molecule has 0 radical (unpaired) electrons. The van der Waals surface area contributed by atoms with Gasteiger partial charge in [-0.3, -0.25) is 4.79 Å². The Morgan fingerprint density at radius 3 is 2.54 bits per heavy atom. The highest BCUT2D eigenvalue weighted by Gasteiger charge is 2.29. The molecule has 1 rings (SSSR count). The van der Waals surface area contributed by atoms with Crippen molar-refractivity contribution in [2.45, 2.75) is 18.5 Å². The smallest absolute Gasteiger partial charge is 0.405 e. The minimum atomic E-state index is -4.11. The van der Waals surface area contributed by atoms with Gasteiger partial charge in [-0.05, 0) is 6.07 Å². The Morgan fingerprint density at radius 1 is 1.31 bits per heavy atom. The zero-order valence-electron chi connectivity index (χ0n) is 13.2. The molecule has 0 spiro atoms. The summed E-state index contributed by atoms with van der Waals surface area (Å²) in [6.45, 7) is -3.59. The summed E-state index contributed by atoms with van der Waals surface area (Å²) in [7, 11) is -4.11. The van der Waals surface area contributed by atoms with Crippen molar-refractivity contribution < 1.29 is 36.3 Å². The topological polar surface area (TPSA) is 149 Å². The van der Waals surface area contributed by atoms with Gasteiger partial charge in [0.2, 0.25) is 0 Å². The van der Waals surface area contributed by atoms with Crippen molar-refractivity contribution in [3.8, 4) is 11.8 Å². The third-order valence-electron chi connectivity index (χ3n) is 2.86. The molecule has 26 heavy (non-hydrogen) atoms. The van der Waals surface area contributed by atoms with E-state index in [0.29, 0.717) is 0 Å². The fraction of sp³-hybridized carbons (Fsp3) is 0.357. The van der Waals surface area contributed by atoms with E-state index in [-0.39, 0.29) is 11.3 Å². The molecule has 0 saturated heterocycles. The van der Waals surface area contributed by atoms with Gasteiger partial charge in [0.25, 0.3) is 5.91 Å². The van der Waals surface area contributed by atoms with Crippen molar-refractivity contribution in [3.63, 3.8) is 0 Å². The zero-order chi connectivity index (χ0) is 19.7. The number of carbonyl (C=O) groups is 2. The molecule has 12 heteroatoms. The van der Waals surface area contributed by atoms with Gasteiger partial charge in [-0.15, -0.1) is 0 Å². The zero-order valence-corrected chi connectivity index (χ0v) is 14.0.